The van der Waals surface area contributed by atoms with Crippen molar-refractivity contribution in [1.29, 1.82) is 0 Å². The molecule has 0 spiro atoms. The Hall–Kier alpha value is -2.03. The van der Waals surface area contributed by atoms with Crippen molar-refractivity contribution in [2.45, 2.75) is 34.2 Å². The van der Waals surface area contributed by atoms with Crippen LogP contribution in [0.3, 0.4) is 0 Å². The molecule has 0 fully saturated rings. The van der Waals surface area contributed by atoms with Crippen LogP contribution in [0, 0.1) is 20.8 Å². The second-order valence-corrected chi connectivity index (χ2v) is 5.05. The molecular formula is C17H22N2O. The van der Waals surface area contributed by atoms with E-state index >= 15 is 0 Å². The minimum atomic E-state index is 0.640. The van der Waals surface area contributed by atoms with Crippen molar-refractivity contribution >= 4 is 5.69 Å². The predicted octanol–water partition coefficient (Wildman–Crippen LogP) is 4.02. The van der Waals surface area contributed by atoms with Crippen LogP contribution in [0.2, 0.25) is 0 Å². The fraction of sp³-hybridized carbons (Fsp3) is 0.353. The number of aromatic nitrogens is 1. The lowest BCUT2D eigenvalue weighted by molar-refractivity contribution is 0.327. The molecule has 1 heterocycles. The van der Waals surface area contributed by atoms with Crippen molar-refractivity contribution in [1.82, 2.24) is 4.98 Å². The van der Waals surface area contributed by atoms with Gasteiger partial charge in [0.1, 0.15) is 0 Å². The maximum absolute atomic E-state index is 5.34. The summed E-state index contributed by atoms with van der Waals surface area (Å²) in [5, 5.41) is 3.41. The molecule has 2 aromatic rings. The van der Waals surface area contributed by atoms with E-state index in [-0.39, 0.29) is 0 Å². The largest absolute Gasteiger partial charge is 0.478 e. The van der Waals surface area contributed by atoms with Crippen LogP contribution in [-0.4, -0.2) is 11.6 Å². The molecule has 0 radical (unpaired) electrons. The molecule has 106 valence electrons. The number of aryl methyl sites for hydroxylation is 3. The highest BCUT2D eigenvalue weighted by Gasteiger charge is 2.04. The number of rotatable bonds is 5. The number of nitrogens with zero attached hydrogens (tertiary/aromatic N) is 1. The molecule has 2 rings (SSSR count). The van der Waals surface area contributed by atoms with Crippen LogP contribution in [0.5, 0.6) is 5.88 Å². The van der Waals surface area contributed by atoms with E-state index in [1.54, 1.807) is 0 Å². The van der Waals surface area contributed by atoms with Gasteiger partial charge >= 0.3 is 0 Å². The molecule has 0 atom stereocenters. The normalized spacial score (nSPS) is 10.4. The third-order valence-corrected chi connectivity index (χ3v) is 3.34. The SMILES string of the molecule is CCOc1ccc(NCc2c(C)cc(C)cc2C)cn1. The molecule has 0 saturated carbocycles. The zero-order valence-electron chi connectivity index (χ0n) is 12.7. The molecule has 0 amide bonds. The fourth-order valence-corrected chi connectivity index (χ4v) is 2.40. The number of nitrogens with one attached hydrogen (secondary N) is 1. The zero-order valence-corrected chi connectivity index (χ0v) is 12.7. The summed E-state index contributed by atoms with van der Waals surface area (Å²) < 4.78 is 5.34. The molecule has 0 unspecified atom stereocenters. The Morgan fingerprint density at radius 3 is 2.35 bits per heavy atom. The molecule has 1 N–H and O–H groups in total. The minimum Gasteiger partial charge on any atom is -0.478 e. The first-order chi connectivity index (χ1) is 9.60. The van der Waals surface area contributed by atoms with E-state index in [1.807, 2.05) is 25.3 Å². The fourth-order valence-electron chi connectivity index (χ4n) is 2.40. The summed E-state index contributed by atoms with van der Waals surface area (Å²) in [6, 6.07) is 8.33. The number of ether oxygens (including phenoxy) is 1. The standard InChI is InChI=1S/C17H22N2O/c1-5-20-17-7-6-15(10-19-17)18-11-16-13(3)8-12(2)9-14(16)4/h6-10,18H,5,11H2,1-4H3. The Morgan fingerprint density at radius 2 is 1.80 bits per heavy atom. The lowest BCUT2D eigenvalue weighted by Crippen LogP contribution is -2.04. The molecule has 0 aliphatic heterocycles. The number of benzene rings is 1. The van der Waals surface area contributed by atoms with Gasteiger partial charge in [-0.3, -0.25) is 0 Å². The van der Waals surface area contributed by atoms with Crippen LogP contribution >= 0.6 is 0 Å². The van der Waals surface area contributed by atoms with Gasteiger partial charge in [-0.2, -0.15) is 0 Å². The highest BCUT2D eigenvalue weighted by molar-refractivity contribution is 5.45. The highest BCUT2D eigenvalue weighted by Crippen LogP contribution is 2.18. The number of pyridine rings is 1. The van der Waals surface area contributed by atoms with E-state index in [9.17, 15) is 0 Å². The first kappa shape index (κ1) is 14.4. The van der Waals surface area contributed by atoms with Gasteiger partial charge in [0.25, 0.3) is 0 Å². The summed E-state index contributed by atoms with van der Waals surface area (Å²) in [5.74, 6) is 0.667. The molecule has 0 aliphatic rings. The van der Waals surface area contributed by atoms with Gasteiger partial charge in [-0.25, -0.2) is 4.98 Å². The maximum Gasteiger partial charge on any atom is 0.213 e. The smallest absolute Gasteiger partial charge is 0.213 e. The average molecular weight is 270 g/mol. The van der Waals surface area contributed by atoms with Gasteiger partial charge in [0, 0.05) is 12.6 Å². The van der Waals surface area contributed by atoms with E-state index in [0.29, 0.717) is 12.5 Å². The number of hydrogen-bond donors (Lipinski definition) is 1. The van der Waals surface area contributed by atoms with E-state index in [1.165, 1.54) is 22.3 Å². The third kappa shape index (κ3) is 3.50. The minimum absolute atomic E-state index is 0.640. The Balaban J connectivity index is 2.05. The molecule has 3 nitrogen and oxygen atoms in total. The Morgan fingerprint density at radius 1 is 1.10 bits per heavy atom. The van der Waals surface area contributed by atoms with Gasteiger partial charge in [-0.15, -0.1) is 0 Å². The van der Waals surface area contributed by atoms with E-state index in [2.05, 4.69) is 43.2 Å². The highest BCUT2D eigenvalue weighted by atomic mass is 16.5. The molecular weight excluding hydrogens is 248 g/mol. The van der Waals surface area contributed by atoms with Gasteiger partial charge in [-0.05, 0) is 50.5 Å². The molecule has 1 aromatic heterocycles. The van der Waals surface area contributed by atoms with Crippen molar-refractivity contribution in [3.05, 3.63) is 52.7 Å². The van der Waals surface area contributed by atoms with E-state index in [0.717, 1.165) is 12.2 Å². The first-order valence-corrected chi connectivity index (χ1v) is 6.99. The van der Waals surface area contributed by atoms with Crippen LogP contribution in [-0.2, 0) is 6.54 Å². The second kappa shape index (κ2) is 6.42. The van der Waals surface area contributed by atoms with Crippen LogP contribution in [0.4, 0.5) is 5.69 Å². The third-order valence-electron chi connectivity index (χ3n) is 3.34. The quantitative estimate of drug-likeness (QED) is 0.891. The Labute approximate surface area is 121 Å². The zero-order chi connectivity index (χ0) is 14.5. The predicted molar refractivity (Wildman–Crippen MR) is 83.4 cm³/mol. The van der Waals surface area contributed by atoms with Crippen LogP contribution in [0.25, 0.3) is 0 Å². The summed E-state index contributed by atoms with van der Waals surface area (Å²) >= 11 is 0. The summed E-state index contributed by atoms with van der Waals surface area (Å²) in [5.41, 5.74) is 6.33. The van der Waals surface area contributed by atoms with Crippen molar-refractivity contribution in [3.8, 4) is 5.88 Å². The maximum atomic E-state index is 5.34. The molecule has 3 heteroatoms. The Bertz CT molecular complexity index is 553. The van der Waals surface area contributed by atoms with Crippen molar-refractivity contribution in [2.24, 2.45) is 0 Å². The van der Waals surface area contributed by atoms with Crippen LogP contribution in [0.15, 0.2) is 30.5 Å². The number of anilines is 1. The van der Waals surface area contributed by atoms with Crippen LogP contribution in [0.1, 0.15) is 29.2 Å². The monoisotopic (exact) mass is 270 g/mol. The average Bonchev–Trinajstić information content (AvgIpc) is 2.39. The molecule has 0 saturated heterocycles. The van der Waals surface area contributed by atoms with Crippen LogP contribution < -0.4 is 10.1 Å². The van der Waals surface area contributed by atoms with Crippen molar-refractivity contribution < 1.29 is 4.74 Å². The van der Waals surface area contributed by atoms with E-state index in [4.69, 9.17) is 4.74 Å². The Kier molecular flexibility index (Phi) is 4.61. The van der Waals surface area contributed by atoms with Crippen molar-refractivity contribution in [3.63, 3.8) is 0 Å². The summed E-state index contributed by atoms with van der Waals surface area (Å²) in [6.45, 7) is 9.86. The summed E-state index contributed by atoms with van der Waals surface area (Å²) in [7, 11) is 0. The van der Waals surface area contributed by atoms with Gasteiger partial charge in [0.05, 0.1) is 18.5 Å². The first-order valence-electron chi connectivity index (χ1n) is 6.99. The van der Waals surface area contributed by atoms with Gasteiger partial charge in [0.2, 0.25) is 5.88 Å². The van der Waals surface area contributed by atoms with Crippen molar-refractivity contribution in [2.75, 3.05) is 11.9 Å². The lowest BCUT2D eigenvalue weighted by Gasteiger charge is -2.13. The second-order valence-electron chi connectivity index (χ2n) is 5.05. The lowest BCUT2D eigenvalue weighted by atomic mass is 10.00. The van der Waals surface area contributed by atoms with E-state index < -0.39 is 0 Å². The molecule has 1 aromatic carbocycles. The van der Waals surface area contributed by atoms with Gasteiger partial charge in [-0.1, -0.05) is 17.7 Å². The summed E-state index contributed by atoms with van der Waals surface area (Å²) in [6.07, 6.45) is 1.81. The number of hydrogen-bond acceptors (Lipinski definition) is 3. The topological polar surface area (TPSA) is 34.1 Å². The molecule has 0 bridgehead atoms. The molecule has 20 heavy (non-hydrogen) atoms. The summed E-state index contributed by atoms with van der Waals surface area (Å²) in [4.78, 5) is 4.25. The van der Waals surface area contributed by atoms with Gasteiger partial charge < -0.3 is 10.1 Å². The van der Waals surface area contributed by atoms with Gasteiger partial charge in [0.15, 0.2) is 0 Å². The molecule has 0 aliphatic carbocycles.